The fraction of sp³-hybridized carbons (Fsp3) is 0.636. The summed E-state index contributed by atoms with van der Waals surface area (Å²) in [6.07, 6.45) is 5.82. The Hall–Kier alpha value is -2.04. The molecule has 1 aromatic rings. The lowest BCUT2D eigenvalue weighted by molar-refractivity contribution is -0.141. The van der Waals surface area contributed by atoms with Crippen LogP contribution in [0.2, 0.25) is 0 Å². The van der Waals surface area contributed by atoms with E-state index in [4.69, 9.17) is 0 Å². The molecule has 0 atom stereocenters. The number of para-hydroxylation sites is 1. The van der Waals surface area contributed by atoms with Gasteiger partial charge in [0.2, 0.25) is 11.8 Å². The van der Waals surface area contributed by atoms with E-state index < -0.39 is 0 Å². The largest absolute Gasteiger partial charge is 0.368 e. The van der Waals surface area contributed by atoms with E-state index in [2.05, 4.69) is 29.2 Å². The molecule has 2 aliphatic heterocycles. The molecule has 1 saturated carbocycles. The van der Waals surface area contributed by atoms with Gasteiger partial charge in [0.05, 0.1) is 0 Å². The molecule has 0 aromatic heterocycles. The van der Waals surface area contributed by atoms with Crippen molar-refractivity contribution in [2.24, 2.45) is 11.8 Å². The van der Waals surface area contributed by atoms with Crippen LogP contribution in [-0.2, 0) is 9.59 Å². The lowest BCUT2D eigenvalue weighted by atomic mass is 9.80. The Kier molecular flexibility index (Phi) is 5.65. The highest BCUT2D eigenvalue weighted by Crippen LogP contribution is 2.32. The van der Waals surface area contributed by atoms with Gasteiger partial charge in [-0.05, 0) is 50.7 Å². The first-order chi connectivity index (χ1) is 13.2. The molecule has 3 aliphatic rings. The van der Waals surface area contributed by atoms with Crippen LogP contribution in [0.1, 0.15) is 38.5 Å². The summed E-state index contributed by atoms with van der Waals surface area (Å²) in [6, 6.07) is 10.4. The smallest absolute Gasteiger partial charge is 0.225 e. The summed E-state index contributed by atoms with van der Waals surface area (Å²) in [5.41, 5.74) is 1.24. The molecule has 0 N–H and O–H groups in total. The molecule has 146 valence electrons. The standard InChI is InChI=1S/C22H31N3O2/c26-21(24-12-4-5-13-24)18-8-10-19(11-9-18)22(27)25-16-14-23(15-17-25)20-6-2-1-3-7-20/h1-3,6-7,18-19H,4-5,8-17H2. The molecule has 1 aliphatic carbocycles. The van der Waals surface area contributed by atoms with Gasteiger partial charge in [-0.3, -0.25) is 9.59 Å². The Labute approximate surface area is 162 Å². The Morgan fingerprint density at radius 2 is 1.15 bits per heavy atom. The number of nitrogens with zero attached hydrogens (tertiary/aromatic N) is 3. The van der Waals surface area contributed by atoms with Gasteiger partial charge >= 0.3 is 0 Å². The predicted molar refractivity (Wildman–Crippen MR) is 106 cm³/mol. The number of likely N-dealkylation sites (tertiary alicyclic amines) is 1. The average Bonchev–Trinajstić information content (AvgIpc) is 3.28. The molecular formula is C22H31N3O2. The van der Waals surface area contributed by atoms with Gasteiger partial charge in [0, 0.05) is 56.8 Å². The first-order valence-corrected chi connectivity index (χ1v) is 10.6. The Morgan fingerprint density at radius 1 is 0.667 bits per heavy atom. The molecule has 2 heterocycles. The van der Waals surface area contributed by atoms with Crippen molar-refractivity contribution < 1.29 is 9.59 Å². The van der Waals surface area contributed by atoms with Gasteiger partial charge in [-0.2, -0.15) is 0 Å². The normalized spacial score (nSPS) is 26.3. The van der Waals surface area contributed by atoms with Crippen LogP contribution >= 0.6 is 0 Å². The highest BCUT2D eigenvalue weighted by molar-refractivity contribution is 5.81. The summed E-state index contributed by atoms with van der Waals surface area (Å²) in [5, 5.41) is 0. The fourth-order valence-electron chi connectivity index (χ4n) is 4.87. The molecule has 5 nitrogen and oxygen atoms in total. The number of hydrogen-bond donors (Lipinski definition) is 0. The second-order valence-corrected chi connectivity index (χ2v) is 8.23. The van der Waals surface area contributed by atoms with Crippen LogP contribution in [0.15, 0.2) is 30.3 Å². The second kappa shape index (κ2) is 8.32. The molecular weight excluding hydrogens is 338 g/mol. The molecule has 1 aromatic carbocycles. The predicted octanol–water partition coefficient (Wildman–Crippen LogP) is 2.76. The van der Waals surface area contributed by atoms with Crippen molar-refractivity contribution in [2.45, 2.75) is 38.5 Å². The highest BCUT2D eigenvalue weighted by Gasteiger charge is 2.35. The number of benzene rings is 1. The van der Waals surface area contributed by atoms with Crippen molar-refractivity contribution in [1.82, 2.24) is 9.80 Å². The Bertz CT molecular complexity index is 641. The zero-order valence-electron chi connectivity index (χ0n) is 16.2. The monoisotopic (exact) mass is 369 g/mol. The van der Waals surface area contributed by atoms with Crippen molar-refractivity contribution in [3.05, 3.63) is 30.3 Å². The highest BCUT2D eigenvalue weighted by atomic mass is 16.2. The maximum atomic E-state index is 12.9. The van der Waals surface area contributed by atoms with Gasteiger partial charge in [0.25, 0.3) is 0 Å². The maximum Gasteiger partial charge on any atom is 0.225 e. The van der Waals surface area contributed by atoms with Crippen molar-refractivity contribution in [2.75, 3.05) is 44.2 Å². The van der Waals surface area contributed by atoms with Gasteiger partial charge in [0.15, 0.2) is 0 Å². The minimum Gasteiger partial charge on any atom is -0.368 e. The van der Waals surface area contributed by atoms with E-state index in [0.29, 0.717) is 11.8 Å². The summed E-state index contributed by atoms with van der Waals surface area (Å²) < 4.78 is 0. The van der Waals surface area contributed by atoms with E-state index in [1.54, 1.807) is 0 Å². The molecule has 2 saturated heterocycles. The third-order valence-corrected chi connectivity index (χ3v) is 6.56. The summed E-state index contributed by atoms with van der Waals surface area (Å²) in [6.45, 7) is 5.28. The van der Waals surface area contributed by atoms with Crippen molar-refractivity contribution in [3.8, 4) is 0 Å². The van der Waals surface area contributed by atoms with Crippen LogP contribution in [0.5, 0.6) is 0 Å². The van der Waals surface area contributed by atoms with Crippen LogP contribution in [0.3, 0.4) is 0 Å². The van der Waals surface area contributed by atoms with Crippen LogP contribution in [0, 0.1) is 11.8 Å². The third-order valence-electron chi connectivity index (χ3n) is 6.56. The number of anilines is 1. The van der Waals surface area contributed by atoms with Crippen molar-refractivity contribution in [1.29, 1.82) is 0 Å². The first-order valence-electron chi connectivity index (χ1n) is 10.6. The molecule has 3 fully saturated rings. The van der Waals surface area contributed by atoms with Crippen molar-refractivity contribution >= 4 is 17.5 Å². The lowest BCUT2D eigenvalue weighted by Crippen LogP contribution is -2.51. The summed E-state index contributed by atoms with van der Waals surface area (Å²) in [5.74, 6) is 0.933. The lowest BCUT2D eigenvalue weighted by Gasteiger charge is -2.39. The molecule has 0 radical (unpaired) electrons. The SMILES string of the molecule is O=C(C1CCC(C(=O)N2CCN(c3ccccc3)CC2)CC1)N1CCCC1. The van der Waals surface area contributed by atoms with Gasteiger partial charge in [-0.15, -0.1) is 0 Å². The van der Waals surface area contributed by atoms with E-state index in [1.807, 2.05) is 15.9 Å². The average molecular weight is 370 g/mol. The minimum absolute atomic E-state index is 0.121. The Balaban J connectivity index is 1.24. The van der Waals surface area contributed by atoms with E-state index in [0.717, 1.165) is 77.8 Å². The quantitative estimate of drug-likeness (QED) is 0.823. The third kappa shape index (κ3) is 4.12. The van der Waals surface area contributed by atoms with Gasteiger partial charge in [0.1, 0.15) is 0 Å². The number of hydrogen-bond acceptors (Lipinski definition) is 3. The van der Waals surface area contributed by atoms with Crippen LogP contribution in [0.4, 0.5) is 5.69 Å². The summed E-state index contributed by atoms with van der Waals surface area (Å²) in [7, 11) is 0. The number of amides is 2. The van der Waals surface area contributed by atoms with E-state index in [-0.39, 0.29) is 11.8 Å². The minimum atomic E-state index is 0.121. The van der Waals surface area contributed by atoms with E-state index in [9.17, 15) is 9.59 Å². The van der Waals surface area contributed by atoms with Gasteiger partial charge in [-0.25, -0.2) is 0 Å². The number of piperazine rings is 1. The molecule has 5 heteroatoms. The molecule has 0 spiro atoms. The first kappa shape index (κ1) is 18.3. The maximum absolute atomic E-state index is 12.9. The molecule has 2 amide bonds. The molecule has 4 rings (SSSR count). The Morgan fingerprint density at radius 3 is 1.67 bits per heavy atom. The molecule has 0 bridgehead atoms. The molecule has 27 heavy (non-hydrogen) atoms. The van der Waals surface area contributed by atoms with Crippen LogP contribution in [-0.4, -0.2) is 60.9 Å². The van der Waals surface area contributed by atoms with E-state index >= 15 is 0 Å². The van der Waals surface area contributed by atoms with Crippen LogP contribution < -0.4 is 4.90 Å². The number of rotatable bonds is 3. The number of carbonyl (C=O) groups excluding carboxylic acids is 2. The zero-order valence-corrected chi connectivity index (χ0v) is 16.2. The summed E-state index contributed by atoms with van der Waals surface area (Å²) >= 11 is 0. The zero-order chi connectivity index (χ0) is 18.6. The van der Waals surface area contributed by atoms with Gasteiger partial charge in [-0.1, -0.05) is 18.2 Å². The van der Waals surface area contributed by atoms with Gasteiger partial charge < -0.3 is 14.7 Å². The fourth-order valence-corrected chi connectivity index (χ4v) is 4.87. The second-order valence-electron chi connectivity index (χ2n) is 8.23. The van der Waals surface area contributed by atoms with Crippen molar-refractivity contribution in [3.63, 3.8) is 0 Å². The topological polar surface area (TPSA) is 43.9 Å². The number of carbonyl (C=O) groups is 2. The summed E-state index contributed by atoms with van der Waals surface area (Å²) in [4.78, 5) is 32.0. The molecule has 0 unspecified atom stereocenters. The van der Waals surface area contributed by atoms with Crippen LogP contribution in [0.25, 0.3) is 0 Å². The van der Waals surface area contributed by atoms with E-state index in [1.165, 1.54) is 5.69 Å².